The van der Waals surface area contributed by atoms with Gasteiger partial charge in [0.2, 0.25) is 0 Å². The van der Waals surface area contributed by atoms with Crippen LogP contribution in [-0.4, -0.2) is 30.0 Å². The highest BCUT2D eigenvalue weighted by Crippen LogP contribution is 2.21. The van der Waals surface area contributed by atoms with Gasteiger partial charge < -0.3 is 9.64 Å². The van der Waals surface area contributed by atoms with Crippen molar-refractivity contribution >= 4 is 17.7 Å². The van der Waals surface area contributed by atoms with E-state index in [0.29, 0.717) is 18.4 Å². The molecule has 1 aliphatic heterocycles. The molecule has 1 saturated heterocycles. The molecular weight excluding hydrogens is 274 g/mol. The zero-order valence-corrected chi connectivity index (χ0v) is 12.5. The van der Waals surface area contributed by atoms with Crippen LogP contribution in [-0.2, 0) is 11.3 Å². The molecule has 1 aliphatic rings. The van der Waals surface area contributed by atoms with E-state index in [9.17, 15) is 4.79 Å². The van der Waals surface area contributed by atoms with Crippen molar-refractivity contribution in [3.63, 3.8) is 0 Å². The topological polar surface area (TPSA) is 29.5 Å². The van der Waals surface area contributed by atoms with Gasteiger partial charge in [-0.15, -0.1) is 11.6 Å². The molecule has 0 unspecified atom stereocenters. The molecule has 0 aliphatic carbocycles. The van der Waals surface area contributed by atoms with Gasteiger partial charge in [-0.2, -0.15) is 0 Å². The maximum absolute atomic E-state index is 12.1. The minimum Gasteiger partial charge on any atom is -0.445 e. The molecule has 0 radical (unpaired) electrons. The molecular formula is C16H22ClNO2. The number of benzene rings is 1. The smallest absolute Gasteiger partial charge is 0.410 e. The molecule has 0 N–H and O–H groups in total. The summed E-state index contributed by atoms with van der Waals surface area (Å²) in [6.45, 7) is 1.97. The Kier molecular flexibility index (Phi) is 6.19. The normalized spacial score (nSPS) is 18.9. The predicted octanol–water partition coefficient (Wildman–Crippen LogP) is 4.05. The molecule has 3 nitrogen and oxygen atoms in total. The second-order valence-electron chi connectivity index (χ2n) is 5.33. The molecule has 1 aromatic rings. The number of alkyl halides is 1. The Morgan fingerprint density at radius 1 is 1.35 bits per heavy atom. The number of likely N-dealkylation sites (tertiary alicyclic amines) is 1. The molecule has 0 aromatic heterocycles. The van der Waals surface area contributed by atoms with Crippen molar-refractivity contribution in [2.45, 2.75) is 32.3 Å². The average molecular weight is 296 g/mol. The summed E-state index contributed by atoms with van der Waals surface area (Å²) in [4.78, 5) is 13.9. The van der Waals surface area contributed by atoms with Gasteiger partial charge in [-0.3, -0.25) is 0 Å². The minimum atomic E-state index is -0.190. The Bertz CT molecular complexity index is 410. The standard InChI is InChI=1S/C16H22ClNO2/c17-10-4-8-14-9-5-11-18(12-14)16(19)20-13-15-6-2-1-3-7-15/h1-3,6-7,14H,4-5,8-13H2/t14-/m0/s1. The first-order chi connectivity index (χ1) is 9.79. The van der Waals surface area contributed by atoms with Crippen LogP contribution < -0.4 is 0 Å². The van der Waals surface area contributed by atoms with Gasteiger partial charge in [0.05, 0.1) is 0 Å². The van der Waals surface area contributed by atoms with E-state index in [-0.39, 0.29) is 6.09 Å². The number of piperidine rings is 1. The first-order valence-electron chi connectivity index (χ1n) is 7.31. The zero-order valence-electron chi connectivity index (χ0n) is 11.8. The van der Waals surface area contributed by atoms with Crippen LogP contribution in [0, 0.1) is 5.92 Å². The molecule has 2 rings (SSSR count). The maximum atomic E-state index is 12.1. The number of halogens is 1. The Morgan fingerprint density at radius 2 is 2.15 bits per heavy atom. The van der Waals surface area contributed by atoms with Crippen LogP contribution in [0.1, 0.15) is 31.2 Å². The third kappa shape index (κ3) is 4.71. The number of ether oxygens (including phenoxy) is 1. The molecule has 1 aromatic carbocycles. The Balaban J connectivity index is 1.77. The highest BCUT2D eigenvalue weighted by Gasteiger charge is 2.24. The molecule has 110 valence electrons. The van der Waals surface area contributed by atoms with Crippen LogP contribution in [0.15, 0.2) is 30.3 Å². The summed E-state index contributed by atoms with van der Waals surface area (Å²) in [6.07, 6.45) is 4.20. The van der Waals surface area contributed by atoms with Crippen LogP contribution in [0.25, 0.3) is 0 Å². The molecule has 0 saturated carbocycles. The van der Waals surface area contributed by atoms with Crippen molar-refractivity contribution in [2.24, 2.45) is 5.92 Å². The number of carbonyl (C=O) groups is 1. The van der Waals surface area contributed by atoms with Gasteiger partial charge in [-0.25, -0.2) is 4.79 Å². The van der Waals surface area contributed by atoms with Crippen molar-refractivity contribution in [3.05, 3.63) is 35.9 Å². The van der Waals surface area contributed by atoms with Crippen LogP contribution in [0.2, 0.25) is 0 Å². The number of nitrogens with zero attached hydrogens (tertiary/aromatic N) is 1. The van der Waals surface area contributed by atoms with E-state index in [1.807, 2.05) is 35.2 Å². The summed E-state index contributed by atoms with van der Waals surface area (Å²) in [5.74, 6) is 1.28. The van der Waals surface area contributed by atoms with Crippen molar-refractivity contribution in [1.29, 1.82) is 0 Å². The van der Waals surface area contributed by atoms with Gasteiger partial charge >= 0.3 is 6.09 Å². The lowest BCUT2D eigenvalue weighted by molar-refractivity contribution is 0.0779. The number of carbonyl (C=O) groups excluding carboxylic acids is 1. The minimum absolute atomic E-state index is 0.190. The van der Waals surface area contributed by atoms with Crippen molar-refractivity contribution in [3.8, 4) is 0 Å². The SMILES string of the molecule is O=C(OCc1ccccc1)N1CCC[C@H](CCCCl)C1. The molecule has 1 heterocycles. The molecule has 4 heteroatoms. The monoisotopic (exact) mass is 295 g/mol. The Labute approximate surface area is 125 Å². The summed E-state index contributed by atoms with van der Waals surface area (Å²) in [6, 6.07) is 9.79. The van der Waals surface area contributed by atoms with Gasteiger partial charge in [0.15, 0.2) is 0 Å². The van der Waals surface area contributed by atoms with Gasteiger partial charge in [-0.1, -0.05) is 30.3 Å². The maximum Gasteiger partial charge on any atom is 0.410 e. The first kappa shape index (κ1) is 15.2. The van der Waals surface area contributed by atoms with E-state index in [4.69, 9.17) is 16.3 Å². The van der Waals surface area contributed by atoms with Crippen molar-refractivity contribution in [2.75, 3.05) is 19.0 Å². The summed E-state index contributed by atoms with van der Waals surface area (Å²) in [5, 5.41) is 0. The van der Waals surface area contributed by atoms with Crippen LogP contribution in [0.4, 0.5) is 4.79 Å². The number of amides is 1. The lowest BCUT2D eigenvalue weighted by Gasteiger charge is -2.32. The quantitative estimate of drug-likeness (QED) is 0.767. The van der Waals surface area contributed by atoms with Gasteiger partial charge in [0, 0.05) is 19.0 Å². The van der Waals surface area contributed by atoms with Gasteiger partial charge in [0.1, 0.15) is 6.61 Å². The molecule has 1 amide bonds. The van der Waals surface area contributed by atoms with E-state index in [0.717, 1.165) is 37.9 Å². The van der Waals surface area contributed by atoms with Crippen molar-refractivity contribution < 1.29 is 9.53 Å². The number of hydrogen-bond donors (Lipinski definition) is 0. The Morgan fingerprint density at radius 3 is 2.90 bits per heavy atom. The van der Waals surface area contributed by atoms with E-state index in [1.165, 1.54) is 6.42 Å². The van der Waals surface area contributed by atoms with Crippen LogP contribution >= 0.6 is 11.6 Å². The second-order valence-corrected chi connectivity index (χ2v) is 5.70. The lowest BCUT2D eigenvalue weighted by Crippen LogP contribution is -2.40. The largest absolute Gasteiger partial charge is 0.445 e. The van der Waals surface area contributed by atoms with Crippen molar-refractivity contribution in [1.82, 2.24) is 4.90 Å². The van der Waals surface area contributed by atoms with Crippen LogP contribution in [0.5, 0.6) is 0 Å². The van der Waals surface area contributed by atoms with Crippen LogP contribution in [0.3, 0.4) is 0 Å². The second kappa shape index (κ2) is 8.15. The third-order valence-electron chi connectivity index (χ3n) is 3.73. The van der Waals surface area contributed by atoms with E-state index in [1.54, 1.807) is 0 Å². The summed E-state index contributed by atoms with van der Waals surface area (Å²) < 4.78 is 5.38. The fraction of sp³-hybridized carbons (Fsp3) is 0.562. The zero-order chi connectivity index (χ0) is 14.2. The molecule has 1 atom stereocenters. The number of rotatable bonds is 5. The summed E-state index contributed by atoms with van der Waals surface area (Å²) in [7, 11) is 0. The number of hydrogen-bond acceptors (Lipinski definition) is 2. The van der Waals surface area contributed by atoms with E-state index >= 15 is 0 Å². The molecule has 0 spiro atoms. The van der Waals surface area contributed by atoms with Gasteiger partial charge in [-0.05, 0) is 37.2 Å². The van der Waals surface area contributed by atoms with Gasteiger partial charge in [0.25, 0.3) is 0 Å². The molecule has 0 bridgehead atoms. The fourth-order valence-corrected chi connectivity index (χ4v) is 2.80. The summed E-state index contributed by atoms with van der Waals surface area (Å²) >= 11 is 5.73. The highest BCUT2D eigenvalue weighted by molar-refractivity contribution is 6.17. The third-order valence-corrected chi connectivity index (χ3v) is 4.00. The predicted molar refractivity (Wildman–Crippen MR) is 80.9 cm³/mol. The summed E-state index contributed by atoms with van der Waals surface area (Å²) in [5.41, 5.74) is 1.02. The molecule has 1 fully saturated rings. The highest BCUT2D eigenvalue weighted by atomic mass is 35.5. The Hall–Kier alpha value is -1.22. The molecule has 20 heavy (non-hydrogen) atoms. The average Bonchev–Trinajstić information content (AvgIpc) is 2.52. The van der Waals surface area contributed by atoms with E-state index in [2.05, 4.69) is 0 Å². The van der Waals surface area contributed by atoms with E-state index < -0.39 is 0 Å². The lowest BCUT2D eigenvalue weighted by atomic mass is 9.94. The first-order valence-corrected chi connectivity index (χ1v) is 7.84. The fourth-order valence-electron chi connectivity index (χ4n) is 2.64.